The molecule has 1 heterocycles. The van der Waals surface area contributed by atoms with Crippen LogP contribution in [0, 0.1) is 17.5 Å². The minimum Gasteiger partial charge on any atom is -0.370 e. The first-order chi connectivity index (χ1) is 9.60. The molecule has 7 heteroatoms. The third-order valence-corrected chi connectivity index (χ3v) is 2.48. The molecule has 2 rings (SSSR count). The maximum atomic E-state index is 13.1. The lowest BCUT2D eigenvalue weighted by Crippen LogP contribution is -2.04. The standard InChI is InChI=1S/C13H13F3N4/c1-2-3-17-11-6-12(19-7-18-11)20-8-4-9(14)13(16)10(15)5-8/h4-7H,2-3H2,1H3,(H2,17,18,19,20). The van der Waals surface area contributed by atoms with Crippen molar-refractivity contribution in [2.24, 2.45) is 0 Å². The van der Waals surface area contributed by atoms with Crippen molar-refractivity contribution < 1.29 is 13.2 Å². The van der Waals surface area contributed by atoms with Crippen LogP contribution in [-0.4, -0.2) is 16.5 Å². The SMILES string of the molecule is CCCNc1cc(Nc2cc(F)c(F)c(F)c2)ncn1. The molecule has 0 aliphatic heterocycles. The van der Waals surface area contributed by atoms with Gasteiger partial charge in [0.1, 0.15) is 18.0 Å². The molecule has 0 saturated heterocycles. The molecule has 2 N–H and O–H groups in total. The van der Waals surface area contributed by atoms with E-state index < -0.39 is 17.5 Å². The second-order valence-corrected chi connectivity index (χ2v) is 4.09. The van der Waals surface area contributed by atoms with Crippen molar-refractivity contribution in [2.75, 3.05) is 17.2 Å². The molecule has 0 fully saturated rings. The normalized spacial score (nSPS) is 10.4. The fraction of sp³-hybridized carbons (Fsp3) is 0.231. The summed E-state index contributed by atoms with van der Waals surface area (Å²) in [6, 6.07) is 3.31. The highest BCUT2D eigenvalue weighted by atomic mass is 19.2. The van der Waals surface area contributed by atoms with E-state index in [1.165, 1.54) is 6.33 Å². The van der Waals surface area contributed by atoms with Gasteiger partial charge in [0.05, 0.1) is 0 Å². The maximum absolute atomic E-state index is 13.1. The summed E-state index contributed by atoms with van der Waals surface area (Å²) in [4.78, 5) is 7.92. The van der Waals surface area contributed by atoms with Crippen LogP contribution in [0.25, 0.3) is 0 Å². The maximum Gasteiger partial charge on any atom is 0.194 e. The number of halogens is 3. The van der Waals surface area contributed by atoms with Crippen molar-refractivity contribution in [1.82, 2.24) is 9.97 Å². The Morgan fingerprint density at radius 1 is 1.00 bits per heavy atom. The van der Waals surface area contributed by atoms with Crippen LogP contribution >= 0.6 is 0 Å². The molecule has 0 atom stereocenters. The molecule has 1 aromatic heterocycles. The molecule has 0 aliphatic rings. The van der Waals surface area contributed by atoms with Gasteiger partial charge in [0.2, 0.25) is 0 Å². The van der Waals surface area contributed by atoms with E-state index in [1.54, 1.807) is 6.07 Å². The molecule has 0 radical (unpaired) electrons. The largest absolute Gasteiger partial charge is 0.370 e. The monoisotopic (exact) mass is 282 g/mol. The van der Waals surface area contributed by atoms with Crippen LogP contribution in [0.4, 0.5) is 30.5 Å². The highest BCUT2D eigenvalue weighted by molar-refractivity contribution is 5.58. The third-order valence-electron chi connectivity index (χ3n) is 2.48. The van der Waals surface area contributed by atoms with Gasteiger partial charge in [0.15, 0.2) is 17.5 Å². The van der Waals surface area contributed by atoms with Gasteiger partial charge in [-0.15, -0.1) is 0 Å². The van der Waals surface area contributed by atoms with Gasteiger partial charge in [-0.1, -0.05) is 6.92 Å². The zero-order valence-electron chi connectivity index (χ0n) is 10.8. The number of hydrogen-bond acceptors (Lipinski definition) is 4. The lowest BCUT2D eigenvalue weighted by Gasteiger charge is -2.08. The average Bonchev–Trinajstić information content (AvgIpc) is 2.43. The van der Waals surface area contributed by atoms with Crippen molar-refractivity contribution >= 4 is 17.3 Å². The average molecular weight is 282 g/mol. The van der Waals surface area contributed by atoms with Gasteiger partial charge in [0.25, 0.3) is 0 Å². The summed E-state index contributed by atoms with van der Waals surface area (Å²) in [6.45, 7) is 2.76. The van der Waals surface area contributed by atoms with Crippen LogP contribution in [0.1, 0.15) is 13.3 Å². The van der Waals surface area contributed by atoms with Crippen molar-refractivity contribution in [2.45, 2.75) is 13.3 Å². The summed E-state index contributed by atoms with van der Waals surface area (Å²) in [6.07, 6.45) is 2.25. The van der Waals surface area contributed by atoms with Crippen molar-refractivity contribution in [1.29, 1.82) is 0 Å². The molecular weight excluding hydrogens is 269 g/mol. The first kappa shape index (κ1) is 14.1. The van der Waals surface area contributed by atoms with Gasteiger partial charge in [-0.25, -0.2) is 23.1 Å². The number of aromatic nitrogens is 2. The molecule has 0 aliphatic carbocycles. The second kappa shape index (κ2) is 6.23. The third kappa shape index (κ3) is 3.37. The van der Waals surface area contributed by atoms with E-state index >= 15 is 0 Å². The predicted molar refractivity (Wildman–Crippen MR) is 70.4 cm³/mol. The molecule has 20 heavy (non-hydrogen) atoms. The summed E-state index contributed by atoms with van der Waals surface area (Å²) >= 11 is 0. The highest BCUT2D eigenvalue weighted by Crippen LogP contribution is 2.21. The Labute approximate surface area is 114 Å². The molecule has 0 spiro atoms. The van der Waals surface area contributed by atoms with E-state index in [-0.39, 0.29) is 5.69 Å². The van der Waals surface area contributed by atoms with Gasteiger partial charge in [-0.2, -0.15) is 0 Å². The van der Waals surface area contributed by atoms with E-state index in [0.29, 0.717) is 11.6 Å². The predicted octanol–water partition coefficient (Wildman–Crippen LogP) is 3.46. The van der Waals surface area contributed by atoms with E-state index in [2.05, 4.69) is 20.6 Å². The van der Waals surface area contributed by atoms with E-state index in [0.717, 1.165) is 25.1 Å². The highest BCUT2D eigenvalue weighted by Gasteiger charge is 2.11. The summed E-state index contributed by atoms with van der Waals surface area (Å²) in [5, 5.41) is 5.74. The van der Waals surface area contributed by atoms with Crippen LogP contribution in [-0.2, 0) is 0 Å². The Balaban J connectivity index is 2.17. The molecule has 106 valence electrons. The molecular formula is C13H13F3N4. The van der Waals surface area contributed by atoms with Crippen LogP contribution in [0.5, 0.6) is 0 Å². The van der Waals surface area contributed by atoms with E-state index in [9.17, 15) is 13.2 Å². The Bertz CT molecular complexity index is 581. The van der Waals surface area contributed by atoms with Crippen LogP contribution in [0.3, 0.4) is 0 Å². The summed E-state index contributed by atoms with van der Waals surface area (Å²) in [5.41, 5.74) is 0.0709. The minimum absolute atomic E-state index is 0.0709. The lowest BCUT2D eigenvalue weighted by atomic mass is 10.3. The smallest absolute Gasteiger partial charge is 0.194 e. The Hall–Kier alpha value is -2.31. The van der Waals surface area contributed by atoms with Gasteiger partial charge >= 0.3 is 0 Å². The zero-order valence-corrected chi connectivity index (χ0v) is 10.8. The Morgan fingerprint density at radius 3 is 2.30 bits per heavy atom. The van der Waals surface area contributed by atoms with Gasteiger partial charge < -0.3 is 10.6 Å². The van der Waals surface area contributed by atoms with E-state index in [1.807, 2.05) is 6.92 Å². The second-order valence-electron chi connectivity index (χ2n) is 4.09. The fourth-order valence-corrected chi connectivity index (χ4v) is 1.55. The molecule has 0 bridgehead atoms. The number of anilines is 3. The summed E-state index contributed by atoms with van der Waals surface area (Å²) in [7, 11) is 0. The van der Waals surface area contributed by atoms with Crippen molar-refractivity contribution in [3.63, 3.8) is 0 Å². The summed E-state index contributed by atoms with van der Waals surface area (Å²) in [5.74, 6) is -3.07. The quantitative estimate of drug-likeness (QED) is 0.825. The van der Waals surface area contributed by atoms with Crippen LogP contribution in [0.15, 0.2) is 24.5 Å². The number of benzene rings is 1. The number of nitrogens with zero attached hydrogens (tertiary/aromatic N) is 2. The van der Waals surface area contributed by atoms with Gasteiger partial charge in [-0.05, 0) is 6.42 Å². The van der Waals surface area contributed by atoms with Crippen molar-refractivity contribution in [3.05, 3.63) is 42.0 Å². The zero-order chi connectivity index (χ0) is 14.5. The minimum atomic E-state index is -1.50. The fourth-order valence-electron chi connectivity index (χ4n) is 1.55. The number of rotatable bonds is 5. The van der Waals surface area contributed by atoms with Crippen molar-refractivity contribution in [3.8, 4) is 0 Å². The van der Waals surface area contributed by atoms with E-state index in [4.69, 9.17) is 0 Å². The molecule has 0 unspecified atom stereocenters. The van der Waals surface area contributed by atoms with Gasteiger partial charge in [0, 0.05) is 30.4 Å². The number of nitrogens with one attached hydrogen (secondary N) is 2. The molecule has 0 amide bonds. The molecule has 2 aromatic rings. The topological polar surface area (TPSA) is 49.8 Å². The molecule has 4 nitrogen and oxygen atoms in total. The molecule has 0 saturated carbocycles. The lowest BCUT2D eigenvalue weighted by molar-refractivity contribution is 0.448. The number of hydrogen-bond donors (Lipinski definition) is 2. The first-order valence-corrected chi connectivity index (χ1v) is 6.07. The Morgan fingerprint density at radius 2 is 1.65 bits per heavy atom. The molecule has 1 aromatic carbocycles. The van der Waals surface area contributed by atoms with Crippen LogP contribution in [0.2, 0.25) is 0 Å². The summed E-state index contributed by atoms with van der Waals surface area (Å²) < 4.78 is 39.0. The first-order valence-electron chi connectivity index (χ1n) is 6.07. The van der Waals surface area contributed by atoms with Crippen LogP contribution < -0.4 is 10.6 Å². The van der Waals surface area contributed by atoms with Gasteiger partial charge in [-0.3, -0.25) is 0 Å². The Kier molecular flexibility index (Phi) is 4.39.